The maximum Gasteiger partial charge on any atom is 0.223 e. The summed E-state index contributed by atoms with van der Waals surface area (Å²) in [5.41, 5.74) is 1.24. The van der Waals surface area contributed by atoms with E-state index in [2.05, 4.69) is 48.0 Å². The van der Waals surface area contributed by atoms with Gasteiger partial charge in [-0.1, -0.05) is 32.9 Å². The number of carbonyl (C=O) groups is 1. The van der Waals surface area contributed by atoms with Crippen LogP contribution in [0, 0.1) is 5.92 Å². The first kappa shape index (κ1) is 20.7. The van der Waals surface area contributed by atoms with Crippen molar-refractivity contribution in [3.8, 4) is 5.75 Å². The number of carbonyl (C=O) groups excluding carboxylic acids is 1. The molecular formula is C21H35N3O2. The number of benzene rings is 1. The Balaban J connectivity index is 2.09. The fraction of sp³-hybridized carbons (Fsp3) is 0.667. The number of hydrogen-bond acceptors (Lipinski definition) is 4. The van der Waals surface area contributed by atoms with Crippen LogP contribution in [-0.2, 0) is 4.79 Å². The number of piperazine rings is 1. The number of nitrogens with one attached hydrogen (secondary N) is 1. The summed E-state index contributed by atoms with van der Waals surface area (Å²) in [6, 6.07) is 8.47. The predicted molar refractivity (Wildman–Crippen MR) is 107 cm³/mol. The molecule has 1 amide bonds. The highest BCUT2D eigenvalue weighted by Gasteiger charge is 2.26. The summed E-state index contributed by atoms with van der Waals surface area (Å²) in [6.07, 6.45) is 1.79. The van der Waals surface area contributed by atoms with Crippen LogP contribution in [0.3, 0.4) is 0 Å². The van der Waals surface area contributed by atoms with Gasteiger partial charge in [-0.25, -0.2) is 0 Å². The SMILES string of the molecule is CCC(CC)C(=O)NCC(c1ccc(OC)cc1)N1CCN(CC)CC1. The molecule has 1 aliphatic rings. The van der Waals surface area contributed by atoms with E-state index in [0.29, 0.717) is 6.54 Å². The van der Waals surface area contributed by atoms with Gasteiger partial charge in [0.1, 0.15) is 5.75 Å². The summed E-state index contributed by atoms with van der Waals surface area (Å²) in [5.74, 6) is 1.16. The Morgan fingerprint density at radius 3 is 2.19 bits per heavy atom. The Morgan fingerprint density at radius 2 is 1.69 bits per heavy atom. The smallest absolute Gasteiger partial charge is 0.223 e. The molecule has 1 saturated heterocycles. The minimum absolute atomic E-state index is 0.114. The zero-order chi connectivity index (χ0) is 18.9. The van der Waals surface area contributed by atoms with Gasteiger partial charge in [0.2, 0.25) is 5.91 Å². The van der Waals surface area contributed by atoms with Crippen LogP contribution >= 0.6 is 0 Å². The summed E-state index contributed by atoms with van der Waals surface area (Å²) in [7, 11) is 1.69. The number of methoxy groups -OCH3 is 1. The van der Waals surface area contributed by atoms with Crippen molar-refractivity contribution < 1.29 is 9.53 Å². The number of ether oxygens (including phenoxy) is 1. The van der Waals surface area contributed by atoms with Crippen molar-refractivity contribution in [1.82, 2.24) is 15.1 Å². The van der Waals surface area contributed by atoms with Gasteiger partial charge in [-0.05, 0) is 37.1 Å². The van der Waals surface area contributed by atoms with E-state index < -0.39 is 0 Å². The summed E-state index contributed by atoms with van der Waals surface area (Å²) in [6.45, 7) is 12.4. The van der Waals surface area contributed by atoms with Gasteiger partial charge in [0.25, 0.3) is 0 Å². The summed E-state index contributed by atoms with van der Waals surface area (Å²) >= 11 is 0. The lowest BCUT2D eigenvalue weighted by Crippen LogP contribution is -2.50. The second-order valence-corrected chi connectivity index (χ2v) is 7.02. The number of likely N-dealkylation sites (N-methyl/N-ethyl adjacent to an activating group) is 1. The highest BCUT2D eigenvalue weighted by atomic mass is 16.5. The molecule has 0 bridgehead atoms. The van der Waals surface area contributed by atoms with Gasteiger partial charge in [0.05, 0.1) is 13.2 Å². The van der Waals surface area contributed by atoms with Crippen molar-refractivity contribution in [2.45, 2.75) is 39.7 Å². The lowest BCUT2D eigenvalue weighted by atomic mass is 10.0. The number of nitrogens with zero attached hydrogens (tertiary/aromatic N) is 2. The minimum Gasteiger partial charge on any atom is -0.497 e. The molecule has 1 atom stereocenters. The Kier molecular flexibility index (Phi) is 8.39. The normalized spacial score (nSPS) is 17.3. The molecule has 0 saturated carbocycles. The Hall–Kier alpha value is -1.59. The molecule has 26 heavy (non-hydrogen) atoms. The zero-order valence-corrected chi connectivity index (χ0v) is 16.8. The highest BCUT2D eigenvalue weighted by Crippen LogP contribution is 2.24. The predicted octanol–water partition coefficient (Wildman–Crippen LogP) is 2.93. The average Bonchev–Trinajstić information content (AvgIpc) is 2.70. The number of rotatable bonds is 9. The van der Waals surface area contributed by atoms with Crippen LogP contribution in [0.4, 0.5) is 0 Å². The molecule has 5 nitrogen and oxygen atoms in total. The molecule has 0 aliphatic carbocycles. The molecule has 1 heterocycles. The molecule has 5 heteroatoms. The van der Waals surface area contributed by atoms with Crippen LogP contribution < -0.4 is 10.1 Å². The third kappa shape index (κ3) is 5.45. The van der Waals surface area contributed by atoms with E-state index >= 15 is 0 Å². The Morgan fingerprint density at radius 1 is 1.08 bits per heavy atom. The monoisotopic (exact) mass is 361 g/mol. The van der Waals surface area contributed by atoms with Crippen molar-refractivity contribution in [1.29, 1.82) is 0 Å². The molecule has 1 aromatic rings. The standard InChI is InChI=1S/C21H35N3O2/c1-5-17(6-2)21(25)22-16-20(18-8-10-19(26-4)11-9-18)24-14-12-23(7-3)13-15-24/h8-11,17,20H,5-7,12-16H2,1-4H3,(H,22,25). The van der Waals surface area contributed by atoms with E-state index in [1.807, 2.05) is 12.1 Å². The van der Waals surface area contributed by atoms with E-state index in [-0.39, 0.29) is 17.9 Å². The van der Waals surface area contributed by atoms with Crippen molar-refractivity contribution in [2.75, 3.05) is 46.4 Å². The summed E-state index contributed by atoms with van der Waals surface area (Å²) < 4.78 is 5.29. The zero-order valence-electron chi connectivity index (χ0n) is 16.8. The third-order valence-corrected chi connectivity index (χ3v) is 5.62. The van der Waals surface area contributed by atoms with Crippen LogP contribution in [0.1, 0.15) is 45.2 Å². The lowest BCUT2D eigenvalue weighted by Gasteiger charge is -2.39. The van der Waals surface area contributed by atoms with E-state index in [1.165, 1.54) is 5.56 Å². The van der Waals surface area contributed by atoms with Crippen molar-refractivity contribution in [3.05, 3.63) is 29.8 Å². The van der Waals surface area contributed by atoms with Crippen LogP contribution in [0.5, 0.6) is 5.75 Å². The quantitative estimate of drug-likeness (QED) is 0.734. The molecule has 1 N–H and O–H groups in total. The summed E-state index contributed by atoms with van der Waals surface area (Å²) in [4.78, 5) is 17.4. The molecule has 1 aliphatic heterocycles. The average molecular weight is 362 g/mol. The first-order valence-electron chi connectivity index (χ1n) is 10.0. The first-order valence-corrected chi connectivity index (χ1v) is 10.0. The van der Waals surface area contributed by atoms with Crippen LogP contribution in [0.15, 0.2) is 24.3 Å². The second kappa shape index (κ2) is 10.5. The molecule has 0 aromatic heterocycles. The molecule has 0 radical (unpaired) electrons. The molecule has 1 unspecified atom stereocenters. The molecule has 146 valence electrons. The molecule has 2 rings (SSSR count). The maximum atomic E-state index is 12.5. The molecule has 0 spiro atoms. The third-order valence-electron chi connectivity index (χ3n) is 5.62. The summed E-state index contributed by atoms with van der Waals surface area (Å²) in [5, 5.41) is 3.21. The van der Waals surface area contributed by atoms with Crippen molar-refractivity contribution >= 4 is 5.91 Å². The lowest BCUT2D eigenvalue weighted by molar-refractivity contribution is -0.125. The second-order valence-electron chi connectivity index (χ2n) is 7.02. The van der Waals surface area contributed by atoms with Gasteiger partial charge < -0.3 is 15.0 Å². The molecule has 1 fully saturated rings. The van der Waals surface area contributed by atoms with Gasteiger partial charge in [-0.2, -0.15) is 0 Å². The van der Waals surface area contributed by atoms with Crippen LogP contribution in [-0.4, -0.2) is 62.1 Å². The highest BCUT2D eigenvalue weighted by molar-refractivity contribution is 5.78. The van der Waals surface area contributed by atoms with Crippen molar-refractivity contribution in [2.24, 2.45) is 5.92 Å². The van der Waals surface area contributed by atoms with E-state index in [1.54, 1.807) is 7.11 Å². The van der Waals surface area contributed by atoms with Gasteiger partial charge in [-0.3, -0.25) is 9.69 Å². The van der Waals surface area contributed by atoms with Gasteiger partial charge in [-0.15, -0.1) is 0 Å². The number of amides is 1. The number of hydrogen-bond donors (Lipinski definition) is 1. The topological polar surface area (TPSA) is 44.8 Å². The van der Waals surface area contributed by atoms with Gasteiger partial charge >= 0.3 is 0 Å². The first-order chi connectivity index (χ1) is 12.6. The van der Waals surface area contributed by atoms with Crippen molar-refractivity contribution in [3.63, 3.8) is 0 Å². The van der Waals surface area contributed by atoms with Crippen LogP contribution in [0.2, 0.25) is 0 Å². The fourth-order valence-corrected chi connectivity index (χ4v) is 3.68. The van der Waals surface area contributed by atoms with E-state index in [4.69, 9.17) is 4.74 Å². The molecule has 1 aromatic carbocycles. The van der Waals surface area contributed by atoms with Gasteiger partial charge in [0, 0.05) is 38.6 Å². The Labute approximate surface area is 158 Å². The maximum absolute atomic E-state index is 12.5. The largest absolute Gasteiger partial charge is 0.497 e. The van der Waals surface area contributed by atoms with Gasteiger partial charge in [0.15, 0.2) is 0 Å². The fourth-order valence-electron chi connectivity index (χ4n) is 3.68. The van der Waals surface area contributed by atoms with E-state index in [9.17, 15) is 4.79 Å². The minimum atomic E-state index is 0.114. The molecular weight excluding hydrogens is 326 g/mol. The Bertz CT molecular complexity index is 535. The van der Waals surface area contributed by atoms with E-state index in [0.717, 1.165) is 51.3 Å². The van der Waals surface area contributed by atoms with Crippen LogP contribution in [0.25, 0.3) is 0 Å².